The van der Waals surface area contributed by atoms with Crippen LogP contribution in [0.15, 0.2) is 58.6 Å². The number of aryl methyl sites for hydroxylation is 1. The lowest BCUT2D eigenvalue weighted by Crippen LogP contribution is -2.22. The molecule has 4 heterocycles. The molecule has 4 aromatic heterocycles. The smallest absolute Gasteiger partial charge is 0.266 e. The number of rotatable bonds is 2. The van der Waals surface area contributed by atoms with Crippen LogP contribution in [0.3, 0.4) is 0 Å². The molecule has 0 spiro atoms. The lowest BCUT2D eigenvalue weighted by molar-refractivity contribution is 0.768. The van der Waals surface area contributed by atoms with E-state index in [0.29, 0.717) is 27.7 Å². The van der Waals surface area contributed by atoms with Gasteiger partial charge in [0.2, 0.25) is 0 Å². The Bertz CT molecular complexity index is 1400. The molecule has 7 nitrogen and oxygen atoms in total. The molecule has 0 unspecified atom stereocenters. The number of benzene rings is 1. The van der Waals surface area contributed by atoms with Gasteiger partial charge in [0.15, 0.2) is 22.3 Å². The molecule has 0 bridgehead atoms. The molecule has 0 saturated carbocycles. The predicted molar refractivity (Wildman–Crippen MR) is 106 cm³/mol. The molecule has 132 valence electrons. The monoisotopic (exact) mass is 374 g/mol. The van der Waals surface area contributed by atoms with Gasteiger partial charge >= 0.3 is 0 Å². The fraction of sp³-hybridized carbons (Fsp3) is 0.105. The molecule has 0 amide bonds. The zero-order chi connectivity index (χ0) is 18.5. The Hall–Kier alpha value is -3.26. The van der Waals surface area contributed by atoms with E-state index >= 15 is 0 Å². The molecule has 0 fully saturated rings. The molecule has 0 radical (unpaired) electrons. The van der Waals surface area contributed by atoms with Gasteiger partial charge in [-0.15, -0.1) is 0 Å². The summed E-state index contributed by atoms with van der Waals surface area (Å²) in [5.74, 6) is 0.658. The van der Waals surface area contributed by atoms with Crippen LogP contribution in [0.1, 0.15) is 5.69 Å². The average molecular weight is 374 g/mol. The summed E-state index contributed by atoms with van der Waals surface area (Å²) in [6.45, 7) is 1.92. The van der Waals surface area contributed by atoms with E-state index in [-0.39, 0.29) is 5.56 Å². The summed E-state index contributed by atoms with van der Waals surface area (Å²) in [4.78, 5) is 31.3. The summed E-state index contributed by atoms with van der Waals surface area (Å²) in [6.07, 6.45) is 3.43. The molecule has 0 aliphatic carbocycles. The highest BCUT2D eigenvalue weighted by molar-refractivity contribution is 7.98. The van der Waals surface area contributed by atoms with Gasteiger partial charge in [-0.3, -0.25) is 4.79 Å². The number of hydrogen-bond acceptors (Lipinski definition) is 6. The number of hydrogen-bond donors (Lipinski definition) is 0. The van der Waals surface area contributed by atoms with Crippen LogP contribution >= 0.6 is 11.8 Å². The second-order valence-corrected chi connectivity index (χ2v) is 6.89. The lowest BCUT2D eigenvalue weighted by atomic mass is 10.2. The molecule has 0 atom stereocenters. The van der Waals surface area contributed by atoms with E-state index in [4.69, 9.17) is 4.98 Å². The van der Waals surface area contributed by atoms with Crippen molar-refractivity contribution in [2.24, 2.45) is 0 Å². The highest BCUT2D eigenvalue weighted by Gasteiger charge is 2.18. The number of thioether (sulfide) groups is 1. The third-order valence-corrected chi connectivity index (χ3v) is 4.99. The molecule has 0 N–H and O–H groups in total. The predicted octanol–water partition coefficient (Wildman–Crippen LogP) is 3.01. The van der Waals surface area contributed by atoms with Crippen molar-refractivity contribution < 1.29 is 0 Å². The number of nitrogens with zero attached hydrogens (tertiary/aromatic N) is 6. The van der Waals surface area contributed by atoms with E-state index in [1.165, 1.54) is 11.8 Å². The first-order valence-electron chi connectivity index (χ1n) is 8.34. The van der Waals surface area contributed by atoms with Crippen LogP contribution in [0.2, 0.25) is 0 Å². The van der Waals surface area contributed by atoms with Gasteiger partial charge in [0, 0.05) is 17.3 Å². The van der Waals surface area contributed by atoms with Crippen LogP contribution in [0, 0.1) is 6.92 Å². The van der Waals surface area contributed by atoms with Gasteiger partial charge in [0.25, 0.3) is 5.56 Å². The van der Waals surface area contributed by atoms with Crippen LogP contribution in [0.5, 0.6) is 0 Å². The molecule has 0 aliphatic heterocycles. The van der Waals surface area contributed by atoms with Crippen molar-refractivity contribution in [3.8, 4) is 5.82 Å². The van der Waals surface area contributed by atoms with Crippen LogP contribution in [0.25, 0.3) is 33.4 Å². The molecule has 0 saturated heterocycles. The zero-order valence-electron chi connectivity index (χ0n) is 14.6. The van der Waals surface area contributed by atoms with Gasteiger partial charge in [0.05, 0.1) is 5.52 Å². The van der Waals surface area contributed by atoms with Gasteiger partial charge in [-0.05, 0) is 37.4 Å². The van der Waals surface area contributed by atoms with Gasteiger partial charge in [-0.1, -0.05) is 30.0 Å². The van der Waals surface area contributed by atoms with E-state index in [9.17, 15) is 4.79 Å². The molecule has 5 rings (SSSR count). The van der Waals surface area contributed by atoms with Gasteiger partial charge in [0.1, 0.15) is 5.39 Å². The van der Waals surface area contributed by atoms with Crippen molar-refractivity contribution in [1.82, 2.24) is 29.1 Å². The Morgan fingerprint density at radius 2 is 1.81 bits per heavy atom. The van der Waals surface area contributed by atoms with Crippen molar-refractivity contribution in [2.75, 3.05) is 6.26 Å². The molecule has 27 heavy (non-hydrogen) atoms. The molecule has 0 aliphatic rings. The molecular weight excluding hydrogens is 360 g/mol. The number of pyridine rings is 1. The molecule has 8 heteroatoms. The minimum absolute atomic E-state index is 0.220. The SMILES string of the molecule is CSc1ncc2c(=O)n3c(nc2n1)c1ccccc1n3-c1cccc(C)n1. The largest absolute Gasteiger partial charge is 0.284 e. The second-order valence-electron chi connectivity index (χ2n) is 6.11. The van der Waals surface area contributed by atoms with Crippen LogP contribution in [0.4, 0.5) is 0 Å². The first-order chi connectivity index (χ1) is 13.2. The summed E-state index contributed by atoms with van der Waals surface area (Å²) in [5, 5.41) is 1.83. The zero-order valence-corrected chi connectivity index (χ0v) is 15.4. The Morgan fingerprint density at radius 1 is 0.963 bits per heavy atom. The summed E-state index contributed by atoms with van der Waals surface area (Å²) in [7, 11) is 0. The minimum atomic E-state index is -0.220. The van der Waals surface area contributed by atoms with Crippen molar-refractivity contribution >= 4 is 39.3 Å². The standard InChI is InChI=1S/C19H14N6OS/c1-11-6-5-9-15(21-11)24-14-8-4-3-7-12(14)17-22-16-13(18(26)25(17)24)10-20-19(23-16)27-2/h3-10H,1-2H3. The number of aromatic nitrogens is 6. The molecule has 1 aromatic carbocycles. The summed E-state index contributed by atoms with van der Waals surface area (Å²) < 4.78 is 3.35. The van der Waals surface area contributed by atoms with E-state index in [1.807, 2.05) is 55.6 Å². The van der Waals surface area contributed by atoms with Gasteiger partial charge in [-0.2, -0.15) is 4.52 Å². The minimum Gasteiger partial charge on any atom is -0.266 e. The Kier molecular flexibility index (Phi) is 3.48. The highest BCUT2D eigenvalue weighted by atomic mass is 32.2. The third-order valence-electron chi connectivity index (χ3n) is 4.43. The summed E-state index contributed by atoms with van der Waals surface area (Å²) in [6, 6.07) is 13.5. The molecular formula is C19H14N6OS. The number of para-hydroxylation sites is 1. The fourth-order valence-corrected chi connectivity index (χ4v) is 3.57. The quantitative estimate of drug-likeness (QED) is 0.349. The van der Waals surface area contributed by atoms with E-state index < -0.39 is 0 Å². The van der Waals surface area contributed by atoms with Gasteiger partial charge < -0.3 is 0 Å². The normalized spacial score (nSPS) is 11.6. The van der Waals surface area contributed by atoms with Crippen molar-refractivity contribution in [2.45, 2.75) is 12.1 Å². The fourth-order valence-electron chi connectivity index (χ4n) is 3.24. The Balaban J connectivity index is 2.02. The third kappa shape index (κ3) is 2.33. The highest BCUT2D eigenvalue weighted by Crippen LogP contribution is 2.24. The maximum absolute atomic E-state index is 13.3. The van der Waals surface area contributed by atoms with Crippen LogP contribution < -0.4 is 5.56 Å². The Labute approximate surface area is 157 Å². The maximum Gasteiger partial charge on any atom is 0.284 e. The van der Waals surface area contributed by atoms with Crippen LogP contribution in [-0.2, 0) is 0 Å². The van der Waals surface area contributed by atoms with E-state index in [0.717, 1.165) is 16.6 Å². The lowest BCUT2D eigenvalue weighted by Gasteiger charge is -2.08. The first-order valence-corrected chi connectivity index (χ1v) is 9.57. The maximum atomic E-state index is 13.3. The van der Waals surface area contributed by atoms with Gasteiger partial charge in [-0.25, -0.2) is 24.6 Å². The molecule has 5 aromatic rings. The van der Waals surface area contributed by atoms with Crippen molar-refractivity contribution in [3.63, 3.8) is 0 Å². The van der Waals surface area contributed by atoms with Crippen LogP contribution in [-0.4, -0.2) is 35.4 Å². The van der Waals surface area contributed by atoms with E-state index in [1.54, 1.807) is 15.4 Å². The Morgan fingerprint density at radius 3 is 2.63 bits per heavy atom. The topological polar surface area (TPSA) is 78.0 Å². The number of fused-ring (bicyclic) bond motifs is 4. The average Bonchev–Trinajstić information content (AvgIpc) is 3.02. The van der Waals surface area contributed by atoms with Crippen molar-refractivity contribution in [3.05, 3.63) is 64.7 Å². The van der Waals surface area contributed by atoms with E-state index in [2.05, 4.69) is 15.0 Å². The van der Waals surface area contributed by atoms with Crippen molar-refractivity contribution in [1.29, 1.82) is 0 Å². The second kappa shape index (κ2) is 5.88. The first kappa shape index (κ1) is 16.0. The summed E-state index contributed by atoms with van der Waals surface area (Å²) >= 11 is 1.42. The summed E-state index contributed by atoms with van der Waals surface area (Å²) in [5.41, 5.74) is 2.46.